The normalized spacial score (nSPS) is 12.5. The Kier molecular flexibility index (Phi) is 18.6. The van der Waals surface area contributed by atoms with Crippen LogP contribution in [0.3, 0.4) is 0 Å². The lowest BCUT2D eigenvalue weighted by Gasteiger charge is -2.08. The lowest BCUT2D eigenvalue weighted by molar-refractivity contribution is 0.499. The van der Waals surface area contributed by atoms with Crippen LogP contribution in [0.4, 0.5) is 0 Å². The van der Waals surface area contributed by atoms with E-state index in [0.29, 0.717) is 5.92 Å². The summed E-state index contributed by atoms with van der Waals surface area (Å²) in [6.07, 6.45) is 26.0. The lowest BCUT2D eigenvalue weighted by Crippen LogP contribution is -1.93. The molecule has 0 aliphatic carbocycles. The predicted molar refractivity (Wildman–Crippen MR) is 102 cm³/mol. The third-order valence-corrected chi connectivity index (χ3v) is 4.98. The van der Waals surface area contributed by atoms with Gasteiger partial charge >= 0.3 is 0 Å². The predicted octanol–water partition coefficient (Wildman–Crippen LogP) is 8.26. The summed E-state index contributed by atoms with van der Waals surface area (Å²) in [5.41, 5.74) is 0. The monoisotopic (exact) mass is 307 g/mol. The summed E-state index contributed by atoms with van der Waals surface area (Å²) < 4.78 is 0. The molecule has 0 saturated heterocycles. The van der Waals surface area contributed by atoms with Gasteiger partial charge in [0.05, 0.1) is 0 Å². The van der Waals surface area contributed by atoms with E-state index in [1.165, 1.54) is 109 Å². The minimum atomic E-state index is 0.655. The summed E-state index contributed by atoms with van der Waals surface area (Å²) in [4.78, 5) is 0. The maximum absolute atomic E-state index is 5.62. The van der Waals surface area contributed by atoms with Crippen LogP contribution in [-0.4, -0.2) is 0 Å². The van der Waals surface area contributed by atoms with Gasteiger partial charge in [-0.25, -0.2) is 0 Å². The summed E-state index contributed by atoms with van der Waals surface area (Å²) in [6, 6.07) is 0. The van der Waals surface area contributed by atoms with Gasteiger partial charge in [-0.15, -0.1) is 0 Å². The molecule has 0 spiro atoms. The second kappa shape index (κ2) is 18.8. The smallest absolute Gasteiger partial charge is 0.0233 e. The zero-order valence-corrected chi connectivity index (χ0v) is 15.8. The largest absolute Gasteiger partial charge is 0.0814 e. The summed E-state index contributed by atoms with van der Waals surface area (Å²) in [5.74, 6) is 0.655. The van der Waals surface area contributed by atoms with Gasteiger partial charge in [0.2, 0.25) is 0 Å². The van der Waals surface area contributed by atoms with E-state index < -0.39 is 0 Å². The molecule has 0 amide bonds. The minimum absolute atomic E-state index is 0.655. The highest BCUT2D eigenvalue weighted by Crippen LogP contribution is 2.16. The van der Waals surface area contributed by atoms with Crippen molar-refractivity contribution >= 4 is 0 Å². The quantitative estimate of drug-likeness (QED) is 0.223. The number of allylic oxidation sites excluding steroid dienone is 1. The zero-order chi connectivity index (χ0) is 16.3. The fourth-order valence-electron chi connectivity index (χ4n) is 3.21. The molecule has 0 heterocycles. The first-order valence-electron chi connectivity index (χ1n) is 10.4. The van der Waals surface area contributed by atoms with Gasteiger partial charge in [-0.1, -0.05) is 123 Å². The maximum atomic E-state index is 5.62. The van der Waals surface area contributed by atoms with E-state index in [0.717, 1.165) is 0 Å². The molecular weight excluding hydrogens is 264 g/mol. The van der Waals surface area contributed by atoms with Crippen LogP contribution in [0.1, 0.15) is 123 Å². The van der Waals surface area contributed by atoms with Crippen LogP contribution in [0.25, 0.3) is 0 Å². The minimum Gasteiger partial charge on any atom is -0.0814 e. The molecule has 1 unspecified atom stereocenters. The first-order valence-corrected chi connectivity index (χ1v) is 10.4. The summed E-state index contributed by atoms with van der Waals surface area (Å²) in [6.45, 7) is 10.1. The average molecular weight is 308 g/mol. The molecule has 0 fully saturated rings. The first-order chi connectivity index (χ1) is 10.8. The molecule has 0 aliphatic rings. The second-order valence-corrected chi connectivity index (χ2v) is 7.10. The van der Waals surface area contributed by atoms with Crippen LogP contribution < -0.4 is 0 Å². The Hall–Kier alpha value is -0.260. The highest BCUT2D eigenvalue weighted by molar-refractivity contribution is 4.74. The van der Waals surface area contributed by atoms with Gasteiger partial charge in [0.15, 0.2) is 0 Å². The fourth-order valence-corrected chi connectivity index (χ4v) is 3.21. The van der Waals surface area contributed by atoms with E-state index in [9.17, 15) is 0 Å². The topological polar surface area (TPSA) is 0 Å². The molecule has 0 aromatic rings. The highest BCUT2D eigenvalue weighted by Gasteiger charge is 2.00. The fraction of sp³-hybridized carbons (Fsp3) is 0.909. The summed E-state index contributed by atoms with van der Waals surface area (Å²) >= 11 is 0. The van der Waals surface area contributed by atoms with Crippen LogP contribution >= 0.6 is 0 Å². The summed E-state index contributed by atoms with van der Waals surface area (Å²) in [5, 5.41) is 0. The van der Waals surface area contributed by atoms with Crippen LogP contribution in [0.15, 0.2) is 6.08 Å². The molecule has 0 aromatic carbocycles. The Morgan fingerprint density at radius 3 is 1.27 bits per heavy atom. The van der Waals surface area contributed by atoms with E-state index in [-0.39, 0.29) is 0 Å². The SMILES string of the molecule is [CH]=CC(CC)CCCCCCCCCCCCCCCCC. The molecule has 0 nitrogen and oxygen atoms in total. The van der Waals surface area contributed by atoms with Crippen molar-refractivity contribution in [3.63, 3.8) is 0 Å². The molecule has 0 aliphatic heterocycles. The molecular formula is C22H43. The molecule has 131 valence electrons. The molecule has 1 atom stereocenters. The van der Waals surface area contributed by atoms with Crippen molar-refractivity contribution in [2.75, 3.05) is 0 Å². The van der Waals surface area contributed by atoms with Crippen LogP contribution in [0.5, 0.6) is 0 Å². The molecule has 0 aromatic heterocycles. The Morgan fingerprint density at radius 1 is 0.591 bits per heavy atom. The molecule has 0 rings (SSSR count). The van der Waals surface area contributed by atoms with E-state index in [4.69, 9.17) is 6.58 Å². The maximum Gasteiger partial charge on any atom is -0.0233 e. The van der Waals surface area contributed by atoms with Crippen LogP contribution in [0, 0.1) is 12.5 Å². The summed E-state index contributed by atoms with van der Waals surface area (Å²) in [7, 11) is 0. The Bertz CT molecular complexity index is 206. The van der Waals surface area contributed by atoms with E-state index in [1.54, 1.807) is 0 Å². The molecule has 0 bridgehead atoms. The van der Waals surface area contributed by atoms with Gasteiger partial charge in [-0.3, -0.25) is 0 Å². The van der Waals surface area contributed by atoms with Gasteiger partial charge in [0, 0.05) is 0 Å². The zero-order valence-electron chi connectivity index (χ0n) is 15.8. The van der Waals surface area contributed by atoms with Crippen molar-refractivity contribution in [3.8, 4) is 0 Å². The van der Waals surface area contributed by atoms with Crippen molar-refractivity contribution in [2.24, 2.45) is 5.92 Å². The third-order valence-electron chi connectivity index (χ3n) is 4.98. The highest BCUT2D eigenvalue weighted by atomic mass is 14.1. The average Bonchev–Trinajstić information content (AvgIpc) is 2.55. The van der Waals surface area contributed by atoms with Gasteiger partial charge < -0.3 is 0 Å². The second-order valence-electron chi connectivity index (χ2n) is 7.10. The van der Waals surface area contributed by atoms with Gasteiger partial charge in [0.1, 0.15) is 0 Å². The first kappa shape index (κ1) is 21.7. The van der Waals surface area contributed by atoms with Gasteiger partial charge in [0.25, 0.3) is 0 Å². The van der Waals surface area contributed by atoms with Crippen molar-refractivity contribution < 1.29 is 0 Å². The van der Waals surface area contributed by atoms with Crippen LogP contribution in [-0.2, 0) is 0 Å². The van der Waals surface area contributed by atoms with E-state index in [2.05, 4.69) is 13.8 Å². The van der Waals surface area contributed by atoms with Gasteiger partial charge in [-0.05, 0) is 18.8 Å². The van der Waals surface area contributed by atoms with E-state index >= 15 is 0 Å². The van der Waals surface area contributed by atoms with Crippen molar-refractivity contribution in [2.45, 2.75) is 123 Å². The van der Waals surface area contributed by atoms with Crippen molar-refractivity contribution in [1.82, 2.24) is 0 Å². The Morgan fingerprint density at radius 2 is 0.955 bits per heavy atom. The standard InChI is InChI=1S/C22H43/c1-4-7-8-9-10-11-12-13-14-15-16-17-18-19-20-21-22(5-2)6-3/h2,5,22H,4,6-21H2,1,3H3. The molecule has 22 heavy (non-hydrogen) atoms. The van der Waals surface area contributed by atoms with Crippen molar-refractivity contribution in [3.05, 3.63) is 12.7 Å². The number of unbranched alkanes of at least 4 members (excludes halogenated alkanes) is 14. The van der Waals surface area contributed by atoms with E-state index in [1.807, 2.05) is 6.08 Å². The molecule has 0 saturated carbocycles. The lowest BCUT2D eigenvalue weighted by atomic mass is 9.98. The van der Waals surface area contributed by atoms with Crippen LogP contribution in [0.2, 0.25) is 0 Å². The Balaban J connectivity index is 3.04. The number of rotatable bonds is 18. The van der Waals surface area contributed by atoms with Gasteiger partial charge in [-0.2, -0.15) is 0 Å². The third kappa shape index (κ3) is 16.1. The number of hydrogen-bond acceptors (Lipinski definition) is 0. The molecule has 0 N–H and O–H groups in total. The molecule has 1 radical (unpaired) electrons. The molecule has 0 heteroatoms. The van der Waals surface area contributed by atoms with Crippen molar-refractivity contribution in [1.29, 1.82) is 0 Å². The Labute approximate surface area is 142 Å². The number of hydrogen-bond donors (Lipinski definition) is 0.